The topological polar surface area (TPSA) is 92.7 Å². The van der Waals surface area contributed by atoms with E-state index in [1.807, 2.05) is 32.6 Å². The van der Waals surface area contributed by atoms with Gasteiger partial charge in [0.2, 0.25) is 5.91 Å². The molecule has 0 aromatic carbocycles. The third kappa shape index (κ3) is 2.58. The van der Waals surface area contributed by atoms with Crippen LogP contribution >= 0.6 is 0 Å². The predicted molar refractivity (Wildman–Crippen MR) is 69.3 cm³/mol. The number of hydrogen-bond acceptors (Lipinski definition) is 3. The lowest BCUT2D eigenvalue weighted by molar-refractivity contribution is -0.149. The standard InChI is InChI=1S/C12H24N4O2/c1-8(17)16-11(2,3)6-9(7-12(16,4)5)15(14)10(13)18/h9H,6-7,14H2,1-5H3,(H2,13,18). The first kappa shape index (κ1) is 14.8. The summed E-state index contributed by atoms with van der Waals surface area (Å²) in [6, 6.07) is -0.786. The maximum atomic E-state index is 11.8. The number of urea groups is 1. The molecule has 1 fully saturated rings. The van der Waals surface area contributed by atoms with Crippen LogP contribution in [-0.2, 0) is 4.79 Å². The van der Waals surface area contributed by atoms with Gasteiger partial charge >= 0.3 is 6.03 Å². The zero-order valence-electron chi connectivity index (χ0n) is 11.9. The van der Waals surface area contributed by atoms with Crippen molar-refractivity contribution in [2.75, 3.05) is 0 Å². The summed E-state index contributed by atoms with van der Waals surface area (Å²) < 4.78 is 0. The summed E-state index contributed by atoms with van der Waals surface area (Å²) in [5.74, 6) is 5.74. The smallest absolute Gasteiger partial charge is 0.329 e. The van der Waals surface area contributed by atoms with Crippen molar-refractivity contribution in [3.8, 4) is 0 Å². The fourth-order valence-electron chi connectivity index (χ4n) is 3.46. The van der Waals surface area contributed by atoms with Crippen molar-refractivity contribution in [1.82, 2.24) is 9.91 Å². The Kier molecular flexibility index (Phi) is 3.63. The molecule has 18 heavy (non-hydrogen) atoms. The van der Waals surface area contributed by atoms with E-state index in [2.05, 4.69) is 0 Å². The molecular weight excluding hydrogens is 232 g/mol. The van der Waals surface area contributed by atoms with E-state index in [0.717, 1.165) is 5.01 Å². The second-order valence-corrected chi connectivity index (χ2v) is 6.29. The molecule has 1 heterocycles. The fraction of sp³-hybridized carbons (Fsp3) is 0.833. The van der Waals surface area contributed by atoms with Crippen molar-refractivity contribution in [3.05, 3.63) is 0 Å². The van der Waals surface area contributed by atoms with Gasteiger partial charge in [0.25, 0.3) is 0 Å². The molecule has 1 rings (SSSR count). The minimum Gasteiger partial charge on any atom is -0.350 e. The van der Waals surface area contributed by atoms with Crippen molar-refractivity contribution in [1.29, 1.82) is 0 Å². The summed E-state index contributed by atoms with van der Waals surface area (Å²) in [5, 5.41) is 1.08. The minimum absolute atomic E-state index is 0.0334. The van der Waals surface area contributed by atoms with Crippen LogP contribution in [0, 0.1) is 0 Å². The zero-order chi connectivity index (χ0) is 14.3. The first-order valence-corrected chi connectivity index (χ1v) is 6.13. The van der Waals surface area contributed by atoms with Crippen LogP contribution in [0.1, 0.15) is 47.5 Å². The number of carbonyl (C=O) groups excluding carboxylic acids is 2. The molecule has 104 valence electrons. The van der Waals surface area contributed by atoms with E-state index < -0.39 is 6.03 Å². The van der Waals surface area contributed by atoms with E-state index in [9.17, 15) is 9.59 Å². The molecule has 0 aliphatic carbocycles. The summed E-state index contributed by atoms with van der Waals surface area (Å²) in [7, 11) is 0. The van der Waals surface area contributed by atoms with Crippen molar-refractivity contribution in [2.45, 2.75) is 64.6 Å². The van der Waals surface area contributed by atoms with Crippen LogP contribution in [0.5, 0.6) is 0 Å². The predicted octanol–water partition coefficient (Wildman–Crippen LogP) is 0.809. The molecule has 0 atom stereocenters. The average Bonchev–Trinajstić information content (AvgIpc) is 2.10. The molecule has 1 aliphatic heterocycles. The van der Waals surface area contributed by atoms with Gasteiger partial charge < -0.3 is 10.6 Å². The summed E-state index contributed by atoms with van der Waals surface area (Å²) in [4.78, 5) is 24.9. The third-order valence-electron chi connectivity index (χ3n) is 3.64. The first-order chi connectivity index (χ1) is 7.99. The third-order valence-corrected chi connectivity index (χ3v) is 3.64. The van der Waals surface area contributed by atoms with Gasteiger partial charge in [0.05, 0.1) is 6.04 Å². The highest BCUT2D eigenvalue weighted by atomic mass is 16.2. The number of piperidine rings is 1. The number of carbonyl (C=O) groups is 2. The minimum atomic E-state index is -0.636. The van der Waals surface area contributed by atoms with Crippen LogP contribution < -0.4 is 11.6 Å². The SMILES string of the molecule is CC(=O)N1C(C)(C)CC(N(N)C(N)=O)CC1(C)C. The normalized spacial score (nSPS) is 22.7. The summed E-state index contributed by atoms with van der Waals surface area (Å²) in [6.07, 6.45) is 1.24. The van der Waals surface area contributed by atoms with Gasteiger partial charge in [0.1, 0.15) is 0 Å². The molecule has 4 N–H and O–H groups in total. The van der Waals surface area contributed by atoms with E-state index in [0.29, 0.717) is 12.8 Å². The Morgan fingerprint density at radius 3 is 1.83 bits per heavy atom. The van der Waals surface area contributed by atoms with Crippen molar-refractivity contribution in [3.63, 3.8) is 0 Å². The maximum Gasteiger partial charge on any atom is 0.329 e. The Morgan fingerprint density at radius 1 is 1.17 bits per heavy atom. The lowest BCUT2D eigenvalue weighted by Gasteiger charge is -2.56. The van der Waals surface area contributed by atoms with E-state index in [-0.39, 0.29) is 23.0 Å². The fourth-order valence-corrected chi connectivity index (χ4v) is 3.46. The van der Waals surface area contributed by atoms with Crippen LogP contribution in [-0.4, -0.2) is 39.0 Å². The van der Waals surface area contributed by atoms with Crippen molar-refractivity contribution < 1.29 is 9.59 Å². The molecule has 1 aliphatic rings. The Bertz CT molecular complexity index is 347. The van der Waals surface area contributed by atoms with Gasteiger partial charge in [-0.05, 0) is 40.5 Å². The van der Waals surface area contributed by atoms with E-state index >= 15 is 0 Å². The number of rotatable bonds is 1. The Balaban J connectivity index is 3.05. The molecule has 0 aromatic rings. The molecule has 0 aromatic heterocycles. The van der Waals surface area contributed by atoms with Crippen LogP contribution in [0.15, 0.2) is 0 Å². The van der Waals surface area contributed by atoms with Gasteiger partial charge in [-0.3, -0.25) is 9.80 Å². The number of hydrogen-bond donors (Lipinski definition) is 2. The highest BCUT2D eigenvalue weighted by Gasteiger charge is 2.48. The number of amides is 3. The summed E-state index contributed by atoms with van der Waals surface area (Å²) in [5.41, 5.74) is 4.51. The molecule has 0 spiro atoms. The number of hydrazine groups is 1. The number of primary amides is 1. The van der Waals surface area contributed by atoms with Gasteiger partial charge in [0, 0.05) is 18.0 Å². The Hall–Kier alpha value is -1.30. The van der Waals surface area contributed by atoms with Crippen LogP contribution in [0.4, 0.5) is 4.79 Å². The average molecular weight is 256 g/mol. The monoisotopic (exact) mass is 256 g/mol. The highest BCUT2D eigenvalue weighted by Crippen LogP contribution is 2.39. The molecule has 1 saturated heterocycles. The van der Waals surface area contributed by atoms with E-state index in [4.69, 9.17) is 11.6 Å². The number of likely N-dealkylation sites (tertiary alicyclic amines) is 1. The molecule has 6 heteroatoms. The maximum absolute atomic E-state index is 11.8. The molecule has 0 saturated carbocycles. The van der Waals surface area contributed by atoms with E-state index in [1.165, 1.54) is 0 Å². The first-order valence-electron chi connectivity index (χ1n) is 6.13. The number of nitrogens with zero attached hydrogens (tertiary/aromatic N) is 2. The Morgan fingerprint density at radius 2 is 1.56 bits per heavy atom. The lowest BCUT2D eigenvalue weighted by Crippen LogP contribution is -2.67. The second-order valence-electron chi connectivity index (χ2n) is 6.29. The zero-order valence-corrected chi connectivity index (χ0v) is 11.9. The van der Waals surface area contributed by atoms with Crippen LogP contribution in [0.3, 0.4) is 0 Å². The van der Waals surface area contributed by atoms with Gasteiger partial charge in [-0.15, -0.1) is 0 Å². The van der Waals surface area contributed by atoms with Gasteiger partial charge in [-0.1, -0.05) is 0 Å². The van der Waals surface area contributed by atoms with E-state index in [1.54, 1.807) is 6.92 Å². The molecule has 0 bridgehead atoms. The van der Waals surface area contributed by atoms with Gasteiger partial charge in [0.15, 0.2) is 0 Å². The molecule has 0 unspecified atom stereocenters. The van der Waals surface area contributed by atoms with Crippen LogP contribution in [0.25, 0.3) is 0 Å². The lowest BCUT2D eigenvalue weighted by atomic mass is 9.76. The largest absolute Gasteiger partial charge is 0.350 e. The quantitative estimate of drug-likeness (QED) is 0.413. The molecule has 6 nitrogen and oxygen atoms in total. The number of nitrogens with two attached hydrogens (primary N) is 2. The van der Waals surface area contributed by atoms with Gasteiger partial charge in [-0.2, -0.15) is 0 Å². The summed E-state index contributed by atoms with van der Waals surface area (Å²) >= 11 is 0. The second kappa shape index (κ2) is 4.42. The highest BCUT2D eigenvalue weighted by molar-refractivity contribution is 5.75. The van der Waals surface area contributed by atoms with Crippen molar-refractivity contribution in [2.24, 2.45) is 11.6 Å². The van der Waals surface area contributed by atoms with Crippen LogP contribution in [0.2, 0.25) is 0 Å². The van der Waals surface area contributed by atoms with Crippen molar-refractivity contribution >= 4 is 11.9 Å². The molecule has 0 radical (unpaired) electrons. The summed E-state index contributed by atoms with van der Waals surface area (Å²) in [6.45, 7) is 9.50. The molecule has 3 amide bonds. The Labute approximate surface area is 108 Å². The molecular formula is C12H24N4O2. The van der Waals surface area contributed by atoms with Gasteiger partial charge in [-0.25, -0.2) is 10.6 Å².